The van der Waals surface area contributed by atoms with Gasteiger partial charge in [-0.15, -0.1) is 0 Å². The third-order valence-corrected chi connectivity index (χ3v) is 6.02. The van der Waals surface area contributed by atoms with Gasteiger partial charge < -0.3 is 14.4 Å². The summed E-state index contributed by atoms with van der Waals surface area (Å²) in [6, 6.07) is 10.3. The van der Waals surface area contributed by atoms with Gasteiger partial charge in [0.05, 0.1) is 6.61 Å². The van der Waals surface area contributed by atoms with E-state index < -0.39 is 0 Å². The second kappa shape index (κ2) is 8.92. The highest BCUT2D eigenvalue weighted by molar-refractivity contribution is 9.10. The Balaban J connectivity index is 1.18. The molecule has 29 heavy (non-hydrogen) atoms. The molecule has 1 saturated heterocycles. The summed E-state index contributed by atoms with van der Waals surface area (Å²) in [5, 5.41) is 0. The molecule has 2 aromatic rings. The Morgan fingerprint density at radius 3 is 2.72 bits per heavy atom. The molecule has 1 fully saturated rings. The van der Waals surface area contributed by atoms with E-state index in [-0.39, 0.29) is 5.60 Å². The maximum absolute atomic E-state index is 6.12. The van der Waals surface area contributed by atoms with Crippen LogP contribution in [0.1, 0.15) is 32.3 Å². The van der Waals surface area contributed by atoms with Gasteiger partial charge in [0.1, 0.15) is 11.4 Å². The molecule has 0 aliphatic carbocycles. The van der Waals surface area contributed by atoms with Crippen LogP contribution in [-0.4, -0.2) is 54.8 Å². The van der Waals surface area contributed by atoms with Gasteiger partial charge in [0.2, 0.25) is 0 Å². The van der Waals surface area contributed by atoms with Crippen LogP contribution in [0.2, 0.25) is 0 Å². The quantitative estimate of drug-likeness (QED) is 0.568. The highest BCUT2D eigenvalue weighted by Crippen LogP contribution is 2.43. The average molecular weight is 460 g/mol. The summed E-state index contributed by atoms with van der Waals surface area (Å²) in [5.74, 6) is 2.88. The minimum Gasteiger partial charge on any atom is -0.490 e. The van der Waals surface area contributed by atoms with Crippen LogP contribution in [0.3, 0.4) is 0 Å². The third-order valence-electron chi connectivity index (χ3n) is 5.56. The van der Waals surface area contributed by atoms with Crippen LogP contribution in [0.25, 0.3) is 0 Å². The van der Waals surface area contributed by atoms with Crippen molar-refractivity contribution < 1.29 is 9.47 Å². The molecule has 2 aliphatic heterocycles. The molecule has 1 aromatic carbocycles. The molecule has 156 valence electrons. The van der Waals surface area contributed by atoms with Crippen LogP contribution >= 0.6 is 15.9 Å². The van der Waals surface area contributed by atoms with Crippen molar-refractivity contribution in [3.63, 3.8) is 0 Å². The maximum atomic E-state index is 6.12. The van der Waals surface area contributed by atoms with Gasteiger partial charge >= 0.3 is 0 Å². The second-order valence-corrected chi connectivity index (χ2v) is 9.42. The SMILES string of the molecule is CC1(C)Cc2cc(Br)cc(OCCCCN3CCN(c4ccccn4)CC3)c2O1. The zero-order valence-electron chi connectivity index (χ0n) is 17.4. The Hall–Kier alpha value is -1.79. The Bertz CT molecular complexity index is 820. The molecule has 0 spiro atoms. The first-order chi connectivity index (χ1) is 14.0. The Morgan fingerprint density at radius 1 is 1.14 bits per heavy atom. The highest BCUT2D eigenvalue weighted by Gasteiger charge is 2.32. The van der Waals surface area contributed by atoms with Crippen LogP contribution in [-0.2, 0) is 6.42 Å². The summed E-state index contributed by atoms with van der Waals surface area (Å²) in [4.78, 5) is 9.37. The summed E-state index contributed by atoms with van der Waals surface area (Å²) < 4.78 is 13.3. The lowest BCUT2D eigenvalue weighted by Crippen LogP contribution is -2.46. The first kappa shape index (κ1) is 20.5. The minimum atomic E-state index is -0.154. The number of rotatable bonds is 7. The van der Waals surface area contributed by atoms with Gasteiger partial charge in [-0.1, -0.05) is 22.0 Å². The number of unbranched alkanes of at least 4 members (excludes halogenated alkanes) is 1. The molecule has 6 heteroatoms. The van der Waals surface area contributed by atoms with E-state index in [1.54, 1.807) is 0 Å². The number of nitrogens with zero attached hydrogens (tertiary/aromatic N) is 3. The predicted octanol–water partition coefficient (Wildman–Crippen LogP) is 4.54. The lowest BCUT2D eigenvalue weighted by atomic mass is 10.0. The monoisotopic (exact) mass is 459 g/mol. The summed E-state index contributed by atoms with van der Waals surface area (Å²) in [6.45, 7) is 10.4. The number of aromatic nitrogens is 1. The van der Waals surface area contributed by atoms with Crippen LogP contribution in [0.5, 0.6) is 11.5 Å². The van der Waals surface area contributed by atoms with Crippen molar-refractivity contribution >= 4 is 21.7 Å². The largest absolute Gasteiger partial charge is 0.490 e. The molecule has 0 radical (unpaired) electrons. The molecule has 0 unspecified atom stereocenters. The fourth-order valence-corrected chi connectivity index (χ4v) is 4.59. The fraction of sp³-hybridized carbons (Fsp3) is 0.522. The van der Waals surface area contributed by atoms with E-state index in [4.69, 9.17) is 9.47 Å². The topological polar surface area (TPSA) is 37.8 Å². The van der Waals surface area contributed by atoms with Gasteiger partial charge in [0.25, 0.3) is 0 Å². The predicted molar refractivity (Wildman–Crippen MR) is 120 cm³/mol. The lowest BCUT2D eigenvalue weighted by Gasteiger charge is -2.35. The molecule has 0 N–H and O–H groups in total. The summed E-state index contributed by atoms with van der Waals surface area (Å²) >= 11 is 3.60. The van der Waals surface area contributed by atoms with E-state index in [0.29, 0.717) is 0 Å². The molecule has 5 nitrogen and oxygen atoms in total. The molecular weight excluding hydrogens is 430 g/mol. The fourth-order valence-electron chi connectivity index (χ4n) is 4.11. The Labute approximate surface area is 182 Å². The van der Waals surface area contributed by atoms with E-state index in [1.807, 2.05) is 18.3 Å². The van der Waals surface area contributed by atoms with E-state index in [1.165, 1.54) is 5.56 Å². The number of halogens is 1. The molecule has 0 bridgehead atoms. The van der Waals surface area contributed by atoms with Gasteiger partial charge in [0, 0.05) is 48.8 Å². The summed E-state index contributed by atoms with van der Waals surface area (Å²) in [6.07, 6.45) is 4.98. The van der Waals surface area contributed by atoms with Crippen molar-refractivity contribution in [2.45, 2.75) is 38.7 Å². The van der Waals surface area contributed by atoms with Crippen LogP contribution < -0.4 is 14.4 Å². The van der Waals surface area contributed by atoms with E-state index in [9.17, 15) is 0 Å². The number of piperazine rings is 1. The zero-order chi connectivity index (χ0) is 20.3. The number of hydrogen-bond acceptors (Lipinski definition) is 5. The average Bonchev–Trinajstić information content (AvgIpc) is 3.02. The van der Waals surface area contributed by atoms with Gasteiger partial charge in [-0.25, -0.2) is 4.98 Å². The number of ether oxygens (including phenoxy) is 2. The lowest BCUT2D eigenvalue weighted by molar-refractivity contribution is 0.131. The van der Waals surface area contributed by atoms with Crippen LogP contribution in [0.4, 0.5) is 5.82 Å². The van der Waals surface area contributed by atoms with Crippen molar-refractivity contribution in [2.75, 3.05) is 44.2 Å². The standard InChI is InChI=1S/C23H30BrN3O2/c1-23(2)17-18-15-19(24)16-20(22(18)29-23)28-14-6-5-9-26-10-12-27(13-11-26)21-7-3-4-8-25-21/h3-4,7-8,15-16H,5-6,9-14,17H2,1-2H3. The summed E-state index contributed by atoms with van der Waals surface area (Å²) in [7, 11) is 0. The van der Waals surface area contributed by atoms with Gasteiger partial charge in [0.15, 0.2) is 11.5 Å². The first-order valence-electron chi connectivity index (χ1n) is 10.5. The second-order valence-electron chi connectivity index (χ2n) is 8.50. The number of benzene rings is 1. The normalized spacial score (nSPS) is 18.4. The minimum absolute atomic E-state index is 0.154. The molecule has 3 heterocycles. The molecule has 2 aliphatic rings. The molecule has 1 aromatic heterocycles. The van der Waals surface area contributed by atoms with Crippen molar-refractivity contribution in [3.8, 4) is 11.5 Å². The molecule has 0 atom stereocenters. The van der Waals surface area contributed by atoms with E-state index in [2.05, 4.69) is 62.8 Å². The molecule has 0 saturated carbocycles. The number of anilines is 1. The van der Waals surface area contributed by atoms with Crippen LogP contribution in [0, 0.1) is 0 Å². The van der Waals surface area contributed by atoms with Crippen molar-refractivity contribution in [1.29, 1.82) is 0 Å². The van der Waals surface area contributed by atoms with E-state index in [0.717, 1.165) is 80.4 Å². The van der Waals surface area contributed by atoms with Gasteiger partial charge in [-0.2, -0.15) is 0 Å². The van der Waals surface area contributed by atoms with Gasteiger partial charge in [-0.3, -0.25) is 4.90 Å². The number of pyridine rings is 1. The number of hydrogen-bond donors (Lipinski definition) is 0. The summed E-state index contributed by atoms with van der Waals surface area (Å²) in [5.41, 5.74) is 1.07. The highest BCUT2D eigenvalue weighted by atomic mass is 79.9. The zero-order valence-corrected chi connectivity index (χ0v) is 19.0. The number of fused-ring (bicyclic) bond motifs is 1. The molecule has 4 rings (SSSR count). The smallest absolute Gasteiger partial charge is 0.165 e. The molecular formula is C23H30BrN3O2. The van der Waals surface area contributed by atoms with Crippen molar-refractivity contribution in [2.24, 2.45) is 0 Å². The van der Waals surface area contributed by atoms with Gasteiger partial charge in [-0.05, 0) is 57.5 Å². The Morgan fingerprint density at radius 2 is 1.97 bits per heavy atom. The van der Waals surface area contributed by atoms with E-state index >= 15 is 0 Å². The van der Waals surface area contributed by atoms with Crippen LogP contribution in [0.15, 0.2) is 41.0 Å². The third kappa shape index (κ3) is 5.23. The maximum Gasteiger partial charge on any atom is 0.165 e. The first-order valence-corrected chi connectivity index (χ1v) is 11.3. The van der Waals surface area contributed by atoms with Crippen molar-refractivity contribution in [1.82, 2.24) is 9.88 Å². The van der Waals surface area contributed by atoms with Crippen molar-refractivity contribution in [3.05, 3.63) is 46.6 Å². The molecule has 0 amide bonds. The Kier molecular flexibility index (Phi) is 6.30.